The minimum Gasteiger partial charge on any atom is -0.489 e. The molecular weight excluding hydrogens is 234 g/mol. The largest absolute Gasteiger partial charge is 0.489 e. The highest BCUT2D eigenvalue weighted by molar-refractivity contribution is 5.28. The van der Waals surface area contributed by atoms with Crippen LogP contribution in [-0.4, -0.2) is 18.2 Å². The molecule has 1 N–H and O–H groups in total. The quantitative estimate of drug-likeness (QED) is 0.796. The van der Waals surface area contributed by atoms with Crippen molar-refractivity contribution in [1.29, 1.82) is 0 Å². The van der Waals surface area contributed by atoms with Crippen LogP contribution in [0.5, 0.6) is 5.75 Å². The van der Waals surface area contributed by atoms with Crippen LogP contribution >= 0.6 is 0 Å². The predicted octanol–water partition coefficient (Wildman–Crippen LogP) is 4.18. The molecule has 0 fully saturated rings. The number of hydrogen-bond donors (Lipinski definition) is 1. The average Bonchev–Trinajstić information content (AvgIpc) is 2.35. The van der Waals surface area contributed by atoms with Gasteiger partial charge in [0.15, 0.2) is 0 Å². The van der Waals surface area contributed by atoms with Crippen LogP contribution in [0.4, 0.5) is 0 Å². The van der Waals surface area contributed by atoms with Gasteiger partial charge in [-0.3, -0.25) is 0 Å². The molecule has 1 atom stereocenters. The van der Waals surface area contributed by atoms with E-state index in [-0.39, 0.29) is 11.6 Å². The Balaban J connectivity index is 2.61. The van der Waals surface area contributed by atoms with E-state index >= 15 is 0 Å². The summed E-state index contributed by atoms with van der Waals surface area (Å²) in [7, 11) is 0. The van der Waals surface area contributed by atoms with Crippen molar-refractivity contribution in [2.45, 2.75) is 65.5 Å². The minimum atomic E-state index is 0.140. The van der Waals surface area contributed by atoms with Crippen LogP contribution in [0.15, 0.2) is 24.3 Å². The van der Waals surface area contributed by atoms with Crippen LogP contribution in [0.2, 0.25) is 0 Å². The molecule has 1 unspecified atom stereocenters. The molecule has 1 rings (SSSR count). The van der Waals surface area contributed by atoms with Crippen molar-refractivity contribution in [2.24, 2.45) is 0 Å². The maximum Gasteiger partial charge on any atom is 0.120 e. The first kappa shape index (κ1) is 16.0. The molecule has 2 heteroatoms. The lowest BCUT2D eigenvalue weighted by molar-refractivity contribution is 0.175. The number of rotatable bonds is 7. The summed E-state index contributed by atoms with van der Waals surface area (Å²) >= 11 is 0. The molecule has 0 heterocycles. The first-order valence-corrected chi connectivity index (χ1v) is 7.45. The molecule has 1 aromatic carbocycles. The summed E-state index contributed by atoms with van der Waals surface area (Å²) < 4.78 is 6.13. The van der Waals surface area contributed by atoms with Crippen molar-refractivity contribution < 1.29 is 4.74 Å². The van der Waals surface area contributed by atoms with Gasteiger partial charge in [-0.25, -0.2) is 0 Å². The second-order valence-electron chi connectivity index (χ2n) is 6.16. The van der Waals surface area contributed by atoms with Gasteiger partial charge in [0.25, 0.3) is 0 Å². The number of aryl methyl sites for hydroxylation is 1. The van der Waals surface area contributed by atoms with Crippen LogP contribution < -0.4 is 10.1 Å². The third-order valence-electron chi connectivity index (χ3n) is 3.08. The molecule has 0 saturated heterocycles. The fraction of sp³-hybridized carbons (Fsp3) is 0.647. The third-order valence-corrected chi connectivity index (χ3v) is 3.08. The van der Waals surface area contributed by atoms with E-state index in [9.17, 15) is 0 Å². The summed E-state index contributed by atoms with van der Waals surface area (Å²) in [5.74, 6) is 0.994. The summed E-state index contributed by atoms with van der Waals surface area (Å²) in [4.78, 5) is 0. The number of benzene rings is 1. The summed E-state index contributed by atoms with van der Waals surface area (Å²) in [6.45, 7) is 11.8. The molecule has 0 aliphatic heterocycles. The van der Waals surface area contributed by atoms with Crippen molar-refractivity contribution in [1.82, 2.24) is 5.32 Å². The van der Waals surface area contributed by atoms with Gasteiger partial charge >= 0.3 is 0 Å². The zero-order valence-electron chi connectivity index (χ0n) is 13.1. The molecule has 0 bridgehead atoms. The molecule has 0 radical (unpaired) electrons. The van der Waals surface area contributed by atoms with Gasteiger partial charge in [0.1, 0.15) is 11.9 Å². The molecule has 0 aliphatic rings. The molecule has 0 saturated carbocycles. The van der Waals surface area contributed by atoms with Crippen molar-refractivity contribution in [3.05, 3.63) is 29.8 Å². The van der Waals surface area contributed by atoms with Crippen molar-refractivity contribution in [2.75, 3.05) is 6.54 Å². The summed E-state index contributed by atoms with van der Waals surface area (Å²) in [6, 6.07) is 8.43. The third kappa shape index (κ3) is 6.63. The van der Waals surface area contributed by atoms with E-state index in [0.29, 0.717) is 0 Å². The Morgan fingerprint density at radius 2 is 1.95 bits per heavy atom. The molecule has 0 spiro atoms. The van der Waals surface area contributed by atoms with Crippen LogP contribution in [-0.2, 0) is 6.42 Å². The normalized spacial score (nSPS) is 13.3. The van der Waals surface area contributed by atoms with Crippen LogP contribution in [0.1, 0.15) is 53.0 Å². The predicted molar refractivity (Wildman–Crippen MR) is 82.9 cm³/mol. The van der Waals surface area contributed by atoms with E-state index in [2.05, 4.69) is 64.2 Å². The monoisotopic (exact) mass is 263 g/mol. The maximum absolute atomic E-state index is 6.13. The topological polar surface area (TPSA) is 21.3 Å². The highest BCUT2D eigenvalue weighted by Gasteiger charge is 2.15. The lowest BCUT2D eigenvalue weighted by Crippen LogP contribution is -2.42. The standard InChI is InChI=1S/C17H29NO/c1-6-9-16(13-18-17(3,4)5)19-15-11-8-10-14(7-2)12-15/h8,10-12,16,18H,6-7,9,13H2,1-5H3. The van der Waals surface area contributed by atoms with Crippen molar-refractivity contribution >= 4 is 0 Å². The lowest BCUT2D eigenvalue weighted by atomic mass is 10.1. The fourth-order valence-corrected chi connectivity index (χ4v) is 1.98. The fourth-order valence-electron chi connectivity index (χ4n) is 1.98. The summed E-state index contributed by atoms with van der Waals surface area (Å²) in [5, 5.41) is 3.53. The first-order valence-electron chi connectivity index (χ1n) is 7.45. The van der Waals surface area contributed by atoms with E-state index in [1.807, 2.05) is 0 Å². The Morgan fingerprint density at radius 3 is 2.53 bits per heavy atom. The van der Waals surface area contributed by atoms with E-state index in [0.717, 1.165) is 31.6 Å². The SMILES string of the molecule is CCCC(CNC(C)(C)C)Oc1cccc(CC)c1. The Morgan fingerprint density at radius 1 is 1.21 bits per heavy atom. The Hall–Kier alpha value is -1.02. The first-order chi connectivity index (χ1) is 8.94. The van der Waals surface area contributed by atoms with Crippen LogP contribution in [0.3, 0.4) is 0 Å². The highest BCUT2D eigenvalue weighted by atomic mass is 16.5. The van der Waals surface area contributed by atoms with Gasteiger partial charge in [-0.15, -0.1) is 0 Å². The number of ether oxygens (including phenoxy) is 1. The Bertz CT molecular complexity index is 368. The van der Waals surface area contributed by atoms with E-state index in [1.54, 1.807) is 0 Å². The molecule has 0 aromatic heterocycles. The molecule has 0 aliphatic carbocycles. The Kier molecular flexibility index (Phi) is 6.36. The maximum atomic E-state index is 6.13. The van der Waals surface area contributed by atoms with E-state index in [4.69, 9.17) is 4.74 Å². The molecular formula is C17H29NO. The van der Waals surface area contributed by atoms with Gasteiger partial charge in [-0.1, -0.05) is 32.4 Å². The van der Waals surface area contributed by atoms with E-state index < -0.39 is 0 Å². The van der Waals surface area contributed by atoms with Crippen LogP contribution in [0, 0.1) is 0 Å². The van der Waals surface area contributed by atoms with Crippen molar-refractivity contribution in [3.8, 4) is 5.75 Å². The lowest BCUT2D eigenvalue weighted by Gasteiger charge is -2.26. The van der Waals surface area contributed by atoms with Gasteiger partial charge in [0, 0.05) is 12.1 Å². The van der Waals surface area contributed by atoms with Gasteiger partial charge in [0.2, 0.25) is 0 Å². The molecule has 108 valence electrons. The smallest absolute Gasteiger partial charge is 0.120 e. The highest BCUT2D eigenvalue weighted by Crippen LogP contribution is 2.17. The second-order valence-corrected chi connectivity index (χ2v) is 6.16. The summed E-state index contributed by atoms with van der Waals surface area (Å²) in [5.41, 5.74) is 1.47. The minimum absolute atomic E-state index is 0.140. The zero-order valence-corrected chi connectivity index (χ0v) is 13.1. The molecule has 1 aromatic rings. The van der Waals surface area contributed by atoms with Crippen LogP contribution in [0.25, 0.3) is 0 Å². The van der Waals surface area contributed by atoms with Gasteiger partial charge in [-0.05, 0) is 51.3 Å². The average molecular weight is 263 g/mol. The number of nitrogens with one attached hydrogen (secondary N) is 1. The second kappa shape index (κ2) is 7.54. The number of hydrogen-bond acceptors (Lipinski definition) is 2. The van der Waals surface area contributed by atoms with E-state index in [1.165, 1.54) is 5.56 Å². The van der Waals surface area contributed by atoms with Gasteiger partial charge in [0.05, 0.1) is 0 Å². The zero-order chi connectivity index (χ0) is 14.3. The van der Waals surface area contributed by atoms with Gasteiger partial charge in [-0.2, -0.15) is 0 Å². The van der Waals surface area contributed by atoms with Crippen molar-refractivity contribution in [3.63, 3.8) is 0 Å². The molecule has 19 heavy (non-hydrogen) atoms. The van der Waals surface area contributed by atoms with Gasteiger partial charge < -0.3 is 10.1 Å². The summed E-state index contributed by atoms with van der Waals surface area (Å²) in [6.07, 6.45) is 3.52. The Labute approximate surface area is 118 Å². The molecule has 0 amide bonds. The molecule has 2 nitrogen and oxygen atoms in total.